The molecule has 8 heteroatoms. The van der Waals surface area contributed by atoms with Gasteiger partial charge in [0.15, 0.2) is 0 Å². The Morgan fingerprint density at radius 2 is 1.93 bits per heavy atom. The third-order valence-electron chi connectivity index (χ3n) is 6.68. The molecule has 1 aromatic rings. The van der Waals surface area contributed by atoms with Gasteiger partial charge < -0.3 is 14.4 Å². The molecule has 1 saturated heterocycles. The van der Waals surface area contributed by atoms with Gasteiger partial charge >= 0.3 is 0 Å². The van der Waals surface area contributed by atoms with Crippen molar-refractivity contribution in [1.82, 2.24) is 14.5 Å². The average Bonchev–Trinajstić information content (AvgIpc) is 2.95. The van der Waals surface area contributed by atoms with Crippen LogP contribution in [0.15, 0.2) is 11.4 Å². The minimum Gasteiger partial charge on any atom is -0.396 e. The molecule has 7 nitrogen and oxygen atoms in total. The van der Waals surface area contributed by atoms with Gasteiger partial charge in [-0.25, -0.2) is 13.4 Å². The van der Waals surface area contributed by atoms with Crippen molar-refractivity contribution in [2.45, 2.75) is 87.7 Å². The highest BCUT2D eigenvalue weighted by atomic mass is 32.2. The van der Waals surface area contributed by atoms with E-state index in [4.69, 9.17) is 9.84 Å². The fourth-order valence-electron chi connectivity index (χ4n) is 5.01. The number of sulfone groups is 1. The first-order valence-electron chi connectivity index (χ1n) is 11.7. The second-order valence-electron chi connectivity index (χ2n) is 8.94. The van der Waals surface area contributed by atoms with Crippen molar-refractivity contribution in [2.75, 3.05) is 33.4 Å². The molecular formula is C22H39N3O4S. The first kappa shape index (κ1) is 23.7. The lowest BCUT2D eigenvalue weighted by Crippen LogP contribution is -2.36. The van der Waals surface area contributed by atoms with Gasteiger partial charge in [0.1, 0.15) is 0 Å². The number of hydrogen-bond acceptors (Lipinski definition) is 6. The van der Waals surface area contributed by atoms with E-state index in [-0.39, 0.29) is 17.0 Å². The number of aliphatic hydroxyl groups excluding tert-OH is 1. The number of likely N-dealkylation sites (tertiary alicyclic amines) is 1. The average molecular weight is 442 g/mol. The Hall–Kier alpha value is -0.960. The van der Waals surface area contributed by atoms with Crippen LogP contribution < -0.4 is 0 Å². The van der Waals surface area contributed by atoms with Gasteiger partial charge in [-0.2, -0.15) is 0 Å². The molecule has 1 aromatic heterocycles. The first-order valence-corrected chi connectivity index (χ1v) is 13.2. The summed E-state index contributed by atoms with van der Waals surface area (Å²) in [5.41, 5.74) is 0.960. The van der Waals surface area contributed by atoms with Gasteiger partial charge in [0, 0.05) is 33.4 Å². The Morgan fingerprint density at radius 1 is 1.17 bits per heavy atom. The van der Waals surface area contributed by atoms with Crippen LogP contribution in [0.25, 0.3) is 0 Å². The van der Waals surface area contributed by atoms with Crippen LogP contribution in [0.3, 0.4) is 0 Å². The summed E-state index contributed by atoms with van der Waals surface area (Å²) in [6.45, 7) is 3.97. The maximum Gasteiger partial charge on any atom is 0.228 e. The molecule has 0 spiro atoms. The summed E-state index contributed by atoms with van der Waals surface area (Å²) in [6.07, 6.45) is 11.7. The topological polar surface area (TPSA) is 84.7 Å². The summed E-state index contributed by atoms with van der Waals surface area (Å²) in [5, 5.41) is 9.05. The number of hydrogen-bond donors (Lipinski definition) is 1. The lowest BCUT2D eigenvalue weighted by atomic mass is 9.93. The summed E-state index contributed by atoms with van der Waals surface area (Å²) in [5.74, 6) is 0.607. The molecule has 0 radical (unpaired) electrons. The van der Waals surface area contributed by atoms with Crippen LogP contribution in [0.5, 0.6) is 0 Å². The molecule has 0 unspecified atom stereocenters. The molecule has 2 aliphatic rings. The number of ether oxygens (including phenoxy) is 1. The molecule has 172 valence electrons. The van der Waals surface area contributed by atoms with Gasteiger partial charge in [0.2, 0.25) is 15.0 Å². The van der Waals surface area contributed by atoms with E-state index in [0.29, 0.717) is 25.6 Å². The van der Waals surface area contributed by atoms with Crippen molar-refractivity contribution >= 4 is 9.84 Å². The minimum absolute atomic E-state index is 0.232. The molecule has 30 heavy (non-hydrogen) atoms. The summed E-state index contributed by atoms with van der Waals surface area (Å²) < 4.78 is 34.0. The van der Waals surface area contributed by atoms with Crippen molar-refractivity contribution in [3.8, 4) is 0 Å². The Kier molecular flexibility index (Phi) is 9.16. The van der Waals surface area contributed by atoms with E-state index in [0.717, 1.165) is 76.6 Å². The Bertz CT molecular complexity index is 742. The van der Waals surface area contributed by atoms with Crippen LogP contribution in [-0.2, 0) is 27.7 Å². The molecule has 1 atom stereocenters. The summed E-state index contributed by atoms with van der Waals surface area (Å²) >= 11 is 0. The van der Waals surface area contributed by atoms with Crippen molar-refractivity contribution < 1.29 is 18.3 Å². The second-order valence-corrected chi connectivity index (χ2v) is 11.1. The molecule has 0 amide bonds. The van der Waals surface area contributed by atoms with Crippen molar-refractivity contribution in [3.05, 3.63) is 11.9 Å². The van der Waals surface area contributed by atoms with E-state index in [2.05, 4.69) is 9.88 Å². The molecule has 1 aliphatic heterocycles. The highest BCUT2D eigenvalue weighted by Crippen LogP contribution is 2.29. The predicted molar refractivity (Wildman–Crippen MR) is 117 cm³/mol. The molecule has 1 saturated carbocycles. The summed E-state index contributed by atoms with van der Waals surface area (Å²) in [7, 11) is -1.79. The van der Waals surface area contributed by atoms with Gasteiger partial charge in [0.05, 0.1) is 23.7 Å². The van der Waals surface area contributed by atoms with E-state index in [1.165, 1.54) is 6.42 Å². The third-order valence-corrected chi connectivity index (χ3v) is 8.86. The first-order chi connectivity index (χ1) is 14.6. The number of rotatable bonds is 10. The van der Waals surface area contributed by atoms with E-state index in [1.807, 2.05) is 4.57 Å². The maximum atomic E-state index is 13.4. The zero-order valence-corrected chi connectivity index (χ0v) is 19.3. The quantitative estimate of drug-likeness (QED) is 0.562. The maximum absolute atomic E-state index is 13.4. The lowest BCUT2D eigenvalue weighted by Gasteiger charge is -2.32. The molecule has 0 aromatic carbocycles. The minimum atomic E-state index is -3.44. The number of piperidine rings is 1. The van der Waals surface area contributed by atoms with Crippen LogP contribution in [0.2, 0.25) is 0 Å². The number of imidazole rings is 1. The molecule has 1 N–H and O–H groups in total. The van der Waals surface area contributed by atoms with E-state index in [1.54, 1.807) is 13.3 Å². The zero-order valence-electron chi connectivity index (χ0n) is 18.5. The fraction of sp³-hybridized carbons (Fsp3) is 0.864. The Morgan fingerprint density at radius 3 is 2.63 bits per heavy atom. The van der Waals surface area contributed by atoms with Crippen LogP contribution in [-0.4, -0.2) is 66.6 Å². The Labute approximate surface area is 181 Å². The van der Waals surface area contributed by atoms with E-state index >= 15 is 0 Å². The smallest absolute Gasteiger partial charge is 0.228 e. The largest absolute Gasteiger partial charge is 0.396 e. The summed E-state index contributed by atoms with van der Waals surface area (Å²) in [4.78, 5) is 6.85. The number of nitrogens with zero attached hydrogens (tertiary/aromatic N) is 3. The number of aliphatic hydroxyl groups is 1. The number of aromatic nitrogens is 2. The lowest BCUT2D eigenvalue weighted by molar-refractivity contribution is 0.147. The summed E-state index contributed by atoms with van der Waals surface area (Å²) in [6, 6.07) is 0. The van der Waals surface area contributed by atoms with Gasteiger partial charge in [-0.1, -0.05) is 25.7 Å². The van der Waals surface area contributed by atoms with Gasteiger partial charge in [-0.3, -0.25) is 4.90 Å². The standard InChI is InChI=1S/C22H39N3O4S/c1-29-15-13-25-20(18-24-12-6-8-19(17-24)9-7-14-26)16-23-22(25)30(27,28)21-10-4-2-3-5-11-21/h16,19,21,26H,2-15,17-18H2,1H3/t19-/m1/s1. The predicted octanol–water partition coefficient (Wildman–Crippen LogP) is 3.01. The van der Waals surface area contributed by atoms with Crippen molar-refractivity contribution in [1.29, 1.82) is 0 Å². The third kappa shape index (κ3) is 6.05. The highest BCUT2D eigenvalue weighted by Gasteiger charge is 2.33. The van der Waals surface area contributed by atoms with E-state index in [9.17, 15) is 8.42 Å². The van der Waals surface area contributed by atoms with Crippen molar-refractivity contribution in [3.63, 3.8) is 0 Å². The monoisotopic (exact) mass is 441 g/mol. The second kappa shape index (κ2) is 11.6. The molecule has 2 fully saturated rings. The van der Waals surface area contributed by atoms with Gasteiger partial charge in [-0.05, 0) is 51.0 Å². The Balaban J connectivity index is 1.77. The molecular weight excluding hydrogens is 402 g/mol. The van der Waals surface area contributed by atoms with Gasteiger partial charge in [-0.15, -0.1) is 0 Å². The molecule has 3 rings (SSSR count). The number of methoxy groups -OCH3 is 1. The molecule has 1 aliphatic carbocycles. The van der Waals surface area contributed by atoms with Crippen LogP contribution in [0.4, 0.5) is 0 Å². The molecule has 2 heterocycles. The molecule has 0 bridgehead atoms. The normalized spacial score (nSPS) is 22.3. The van der Waals surface area contributed by atoms with E-state index < -0.39 is 9.84 Å². The SMILES string of the molecule is COCCn1c(CN2CCC[C@H](CCCO)C2)cnc1S(=O)(=O)C1CCCCCC1. The fourth-order valence-corrected chi connectivity index (χ4v) is 6.98. The highest BCUT2D eigenvalue weighted by molar-refractivity contribution is 7.91. The van der Waals surface area contributed by atoms with Crippen LogP contribution >= 0.6 is 0 Å². The van der Waals surface area contributed by atoms with Crippen LogP contribution in [0, 0.1) is 5.92 Å². The van der Waals surface area contributed by atoms with Crippen molar-refractivity contribution in [2.24, 2.45) is 5.92 Å². The van der Waals surface area contributed by atoms with Gasteiger partial charge in [0.25, 0.3) is 0 Å². The van der Waals surface area contributed by atoms with Crippen LogP contribution in [0.1, 0.15) is 69.9 Å². The zero-order chi connectivity index (χ0) is 21.4.